The van der Waals surface area contributed by atoms with Crippen LogP contribution in [0.25, 0.3) is 0 Å². The van der Waals surface area contributed by atoms with Gasteiger partial charge in [-0.25, -0.2) is 0 Å². The highest BCUT2D eigenvalue weighted by Gasteiger charge is 2.30. The smallest absolute Gasteiger partial charge is 0.306 e. The molecule has 1 aromatic rings. The minimum absolute atomic E-state index is 0.0198. The Morgan fingerprint density at radius 3 is 2.55 bits per heavy atom. The molecule has 20 heavy (non-hydrogen) atoms. The number of nitrogens with one attached hydrogen (secondary N) is 1. The Hall–Kier alpha value is -1.88. The highest BCUT2D eigenvalue weighted by Crippen LogP contribution is 2.25. The number of hydrogen-bond acceptors (Lipinski definition) is 3. The Bertz CT molecular complexity index is 502. The molecule has 1 amide bonds. The van der Waals surface area contributed by atoms with Gasteiger partial charge in [-0.15, -0.1) is 0 Å². The third kappa shape index (κ3) is 3.57. The molecule has 1 fully saturated rings. The minimum atomic E-state index is -0.768. The minimum Gasteiger partial charge on any atom is -0.481 e. The van der Waals surface area contributed by atoms with E-state index in [0.29, 0.717) is 25.8 Å². The van der Waals surface area contributed by atoms with Gasteiger partial charge in [-0.3, -0.25) is 9.59 Å². The molecule has 1 aliphatic rings. The fourth-order valence-corrected chi connectivity index (χ4v) is 2.72. The van der Waals surface area contributed by atoms with E-state index in [9.17, 15) is 9.59 Å². The number of hydrogen-bond donors (Lipinski definition) is 3. The van der Waals surface area contributed by atoms with Crippen molar-refractivity contribution < 1.29 is 14.7 Å². The molecule has 0 heterocycles. The van der Waals surface area contributed by atoms with Gasteiger partial charge in [-0.05, 0) is 30.4 Å². The van der Waals surface area contributed by atoms with E-state index in [1.807, 2.05) is 24.3 Å². The summed E-state index contributed by atoms with van der Waals surface area (Å²) in [7, 11) is 0. The van der Waals surface area contributed by atoms with Crippen molar-refractivity contribution in [3.63, 3.8) is 0 Å². The maximum Gasteiger partial charge on any atom is 0.306 e. The number of nitrogens with two attached hydrogens (primary N) is 1. The lowest BCUT2D eigenvalue weighted by Crippen LogP contribution is -2.34. The fraction of sp³-hybridized carbons (Fsp3) is 0.467. The summed E-state index contributed by atoms with van der Waals surface area (Å²) in [4.78, 5) is 22.9. The van der Waals surface area contributed by atoms with Crippen LogP contribution in [0.5, 0.6) is 0 Å². The van der Waals surface area contributed by atoms with Crippen molar-refractivity contribution in [1.29, 1.82) is 0 Å². The summed E-state index contributed by atoms with van der Waals surface area (Å²) in [5, 5.41) is 11.9. The molecule has 1 aliphatic carbocycles. The summed E-state index contributed by atoms with van der Waals surface area (Å²) in [6, 6.07) is 7.58. The number of rotatable bonds is 5. The monoisotopic (exact) mass is 276 g/mol. The molecule has 5 heteroatoms. The largest absolute Gasteiger partial charge is 0.481 e. The third-order valence-electron chi connectivity index (χ3n) is 3.84. The third-order valence-corrected chi connectivity index (χ3v) is 3.84. The summed E-state index contributed by atoms with van der Waals surface area (Å²) < 4.78 is 0. The Morgan fingerprint density at radius 2 is 1.95 bits per heavy atom. The molecule has 108 valence electrons. The standard InChI is InChI=1S/C15H20N2O3/c16-9-12-4-2-1-3-10(12)8-14(18)17-13-6-5-11(7-13)15(19)20/h1-4,11,13H,5-9,16H2,(H,17,18)(H,19,20). The number of aliphatic carboxylic acids is 1. The predicted octanol–water partition coefficient (Wildman–Crippen LogP) is 1.06. The van der Waals surface area contributed by atoms with Gasteiger partial charge in [0.25, 0.3) is 0 Å². The molecule has 0 spiro atoms. The van der Waals surface area contributed by atoms with Crippen LogP contribution in [0.2, 0.25) is 0 Å². The maximum atomic E-state index is 12.0. The SMILES string of the molecule is NCc1ccccc1CC(=O)NC1CCC(C(=O)O)C1. The molecular formula is C15H20N2O3. The first-order chi connectivity index (χ1) is 9.60. The van der Waals surface area contributed by atoms with Gasteiger partial charge in [0.1, 0.15) is 0 Å². The lowest BCUT2D eigenvalue weighted by Gasteiger charge is -2.13. The molecule has 2 unspecified atom stereocenters. The lowest BCUT2D eigenvalue weighted by atomic mass is 10.0. The van der Waals surface area contributed by atoms with E-state index in [0.717, 1.165) is 17.5 Å². The molecule has 0 saturated heterocycles. The number of carboxylic acid groups (broad SMARTS) is 1. The van der Waals surface area contributed by atoms with Gasteiger partial charge in [0.15, 0.2) is 0 Å². The second-order valence-electron chi connectivity index (χ2n) is 5.26. The normalized spacial score (nSPS) is 21.6. The molecule has 0 bridgehead atoms. The summed E-state index contributed by atoms with van der Waals surface area (Å²) >= 11 is 0. The zero-order valence-electron chi connectivity index (χ0n) is 11.3. The lowest BCUT2D eigenvalue weighted by molar-refractivity contribution is -0.141. The first kappa shape index (κ1) is 14.5. The molecule has 1 saturated carbocycles. The van der Waals surface area contributed by atoms with Crippen LogP contribution in [0, 0.1) is 5.92 Å². The quantitative estimate of drug-likeness (QED) is 0.749. The van der Waals surface area contributed by atoms with Crippen molar-refractivity contribution >= 4 is 11.9 Å². The summed E-state index contributed by atoms with van der Waals surface area (Å²) in [5.74, 6) is -1.16. The molecule has 2 atom stereocenters. The second-order valence-corrected chi connectivity index (χ2v) is 5.26. The zero-order valence-corrected chi connectivity index (χ0v) is 11.3. The molecule has 0 aromatic heterocycles. The number of carbonyl (C=O) groups is 2. The highest BCUT2D eigenvalue weighted by atomic mass is 16.4. The van der Waals surface area contributed by atoms with E-state index in [4.69, 9.17) is 10.8 Å². The second kappa shape index (κ2) is 6.52. The summed E-state index contributed by atoms with van der Waals surface area (Å²) in [6.07, 6.45) is 2.20. The van der Waals surface area contributed by atoms with Crippen LogP contribution in [0.3, 0.4) is 0 Å². The van der Waals surface area contributed by atoms with E-state index in [2.05, 4.69) is 5.32 Å². The van der Waals surface area contributed by atoms with E-state index in [1.54, 1.807) is 0 Å². The Labute approximate surface area is 118 Å². The van der Waals surface area contributed by atoms with E-state index >= 15 is 0 Å². The summed E-state index contributed by atoms with van der Waals surface area (Å²) in [6.45, 7) is 0.411. The topological polar surface area (TPSA) is 92.4 Å². The number of amides is 1. The molecule has 1 aromatic carbocycles. The van der Waals surface area contributed by atoms with Crippen molar-refractivity contribution in [2.45, 2.75) is 38.3 Å². The molecule has 5 nitrogen and oxygen atoms in total. The Morgan fingerprint density at radius 1 is 1.25 bits per heavy atom. The van der Waals surface area contributed by atoms with Crippen LogP contribution in [-0.2, 0) is 22.6 Å². The fourth-order valence-electron chi connectivity index (χ4n) is 2.72. The van der Waals surface area contributed by atoms with Gasteiger partial charge in [0, 0.05) is 12.6 Å². The Balaban J connectivity index is 1.89. The zero-order chi connectivity index (χ0) is 14.5. The van der Waals surface area contributed by atoms with E-state index < -0.39 is 5.97 Å². The van der Waals surface area contributed by atoms with Gasteiger partial charge in [0.2, 0.25) is 5.91 Å². The number of benzene rings is 1. The highest BCUT2D eigenvalue weighted by molar-refractivity contribution is 5.79. The van der Waals surface area contributed by atoms with Crippen molar-refractivity contribution in [3.05, 3.63) is 35.4 Å². The number of carbonyl (C=O) groups excluding carboxylic acids is 1. The first-order valence-electron chi connectivity index (χ1n) is 6.89. The maximum absolute atomic E-state index is 12.0. The Kier molecular flexibility index (Phi) is 4.74. The van der Waals surface area contributed by atoms with Crippen LogP contribution in [0.15, 0.2) is 24.3 Å². The van der Waals surface area contributed by atoms with Crippen molar-refractivity contribution in [3.8, 4) is 0 Å². The van der Waals surface area contributed by atoms with Gasteiger partial charge >= 0.3 is 5.97 Å². The predicted molar refractivity (Wildman–Crippen MR) is 74.9 cm³/mol. The van der Waals surface area contributed by atoms with Crippen LogP contribution in [0.1, 0.15) is 30.4 Å². The van der Waals surface area contributed by atoms with Gasteiger partial charge in [0.05, 0.1) is 12.3 Å². The number of carboxylic acids is 1. The van der Waals surface area contributed by atoms with Gasteiger partial charge in [-0.2, -0.15) is 0 Å². The van der Waals surface area contributed by atoms with Crippen molar-refractivity contribution in [2.24, 2.45) is 11.7 Å². The molecule has 4 N–H and O–H groups in total. The van der Waals surface area contributed by atoms with Gasteiger partial charge in [-0.1, -0.05) is 24.3 Å². The molecular weight excluding hydrogens is 256 g/mol. The summed E-state index contributed by atoms with van der Waals surface area (Å²) in [5.41, 5.74) is 7.55. The average Bonchev–Trinajstić information content (AvgIpc) is 2.88. The van der Waals surface area contributed by atoms with Crippen LogP contribution >= 0.6 is 0 Å². The van der Waals surface area contributed by atoms with Crippen molar-refractivity contribution in [2.75, 3.05) is 0 Å². The van der Waals surface area contributed by atoms with E-state index in [-0.39, 0.29) is 17.9 Å². The molecule has 0 radical (unpaired) electrons. The van der Waals surface area contributed by atoms with Crippen LogP contribution in [0.4, 0.5) is 0 Å². The van der Waals surface area contributed by atoms with Crippen LogP contribution < -0.4 is 11.1 Å². The molecule has 2 rings (SSSR count). The van der Waals surface area contributed by atoms with Gasteiger partial charge < -0.3 is 16.2 Å². The average molecular weight is 276 g/mol. The first-order valence-corrected chi connectivity index (χ1v) is 6.89. The molecule has 0 aliphatic heterocycles. The van der Waals surface area contributed by atoms with E-state index in [1.165, 1.54) is 0 Å². The van der Waals surface area contributed by atoms with Crippen LogP contribution in [-0.4, -0.2) is 23.0 Å². The van der Waals surface area contributed by atoms with Crippen molar-refractivity contribution in [1.82, 2.24) is 5.32 Å².